The minimum absolute atomic E-state index is 0.788. The quantitative estimate of drug-likeness (QED) is 0.702. The van der Waals surface area contributed by atoms with Gasteiger partial charge in [-0.3, -0.25) is 0 Å². The highest BCUT2D eigenvalue weighted by atomic mass is 16.5. The second-order valence-electron chi connectivity index (χ2n) is 7.05. The molecule has 22 heavy (non-hydrogen) atoms. The zero-order chi connectivity index (χ0) is 15.2. The van der Waals surface area contributed by atoms with Crippen LogP contribution in [0.15, 0.2) is 18.2 Å². The maximum absolute atomic E-state index is 5.38. The molecule has 1 fully saturated rings. The van der Waals surface area contributed by atoms with Gasteiger partial charge in [-0.1, -0.05) is 18.9 Å². The molecule has 0 bridgehead atoms. The lowest BCUT2D eigenvalue weighted by atomic mass is 9.80. The number of rotatable bonds is 6. The van der Waals surface area contributed by atoms with Crippen LogP contribution in [0.2, 0.25) is 0 Å². The van der Waals surface area contributed by atoms with Crippen LogP contribution in [-0.2, 0) is 6.42 Å². The van der Waals surface area contributed by atoms with Gasteiger partial charge in [0.1, 0.15) is 5.75 Å². The molecule has 1 heterocycles. The van der Waals surface area contributed by atoms with Gasteiger partial charge < -0.3 is 9.64 Å². The smallest absolute Gasteiger partial charge is 0.119 e. The van der Waals surface area contributed by atoms with Crippen LogP contribution in [0.3, 0.4) is 0 Å². The van der Waals surface area contributed by atoms with Gasteiger partial charge in [-0.05, 0) is 93.8 Å². The molecule has 1 aromatic rings. The molecule has 1 aliphatic carbocycles. The fraction of sp³-hybridized carbons (Fsp3) is 0.700. The van der Waals surface area contributed by atoms with E-state index in [2.05, 4.69) is 23.1 Å². The van der Waals surface area contributed by atoms with Crippen LogP contribution in [0.25, 0.3) is 0 Å². The predicted octanol–water partition coefficient (Wildman–Crippen LogP) is 4.77. The number of likely N-dealkylation sites (tertiary alicyclic amines) is 1. The molecule has 122 valence electrons. The van der Waals surface area contributed by atoms with E-state index in [9.17, 15) is 0 Å². The van der Waals surface area contributed by atoms with Crippen LogP contribution in [0.4, 0.5) is 0 Å². The Labute approximate surface area is 135 Å². The largest absolute Gasteiger partial charge is 0.497 e. The van der Waals surface area contributed by atoms with E-state index in [1.54, 1.807) is 12.7 Å². The topological polar surface area (TPSA) is 12.5 Å². The molecular formula is C20H31NO. The molecule has 0 N–H and O–H groups in total. The van der Waals surface area contributed by atoms with Crippen molar-refractivity contribution in [1.82, 2.24) is 4.90 Å². The molecule has 1 unspecified atom stereocenters. The number of aryl methyl sites for hydroxylation is 1. The van der Waals surface area contributed by atoms with Gasteiger partial charge >= 0.3 is 0 Å². The summed E-state index contributed by atoms with van der Waals surface area (Å²) in [5.41, 5.74) is 3.14. The van der Waals surface area contributed by atoms with Crippen molar-refractivity contribution < 1.29 is 4.74 Å². The minimum Gasteiger partial charge on any atom is -0.497 e. The zero-order valence-corrected chi connectivity index (χ0v) is 14.2. The molecule has 1 saturated heterocycles. The van der Waals surface area contributed by atoms with Gasteiger partial charge in [-0.25, -0.2) is 0 Å². The van der Waals surface area contributed by atoms with Crippen molar-refractivity contribution in [2.45, 2.75) is 63.7 Å². The SMILES string of the molecule is COc1ccc2c(c1)CCCC2CCCCN1CCCCC1. The molecule has 0 aromatic heterocycles. The zero-order valence-electron chi connectivity index (χ0n) is 14.2. The van der Waals surface area contributed by atoms with E-state index in [4.69, 9.17) is 4.74 Å². The van der Waals surface area contributed by atoms with Crippen molar-refractivity contribution in [3.05, 3.63) is 29.3 Å². The third-order valence-electron chi connectivity index (χ3n) is 5.51. The average Bonchev–Trinajstić information content (AvgIpc) is 2.59. The summed E-state index contributed by atoms with van der Waals surface area (Å²) < 4.78 is 5.38. The number of methoxy groups -OCH3 is 1. The summed E-state index contributed by atoms with van der Waals surface area (Å²) in [4.78, 5) is 2.67. The average molecular weight is 301 g/mol. The summed E-state index contributed by atoms with van der Waals surface area (Å²) in [5, 5.41) is 0. The Balaban J connectivity index is 1.47. The Morgan fingerprint density at radius 2 is 1.95 bits per heavy atom. The summed E-state index contributed by atoms with van der Waals surface area (Å²) in [7, 11) is 1.77. The molecule has 0 saturated carbocycles. The first kappa shape index (κ1) is 15.9. The molecule has 0 radical (unpaired) electrons. The fourth-order valence-electron chi connectivity index (χ4n) is 4.23. The molecule has 1 aromatic carbocycles. The van der Waals surface area contributed by atoms with Gasteiger partial charge in [-0.2, -0.15) is 0 Å². The number of ether oxygens (including phenoxy) is 1. The molecule has 3 rings (SSSR count). The van der Waals surface area contributed by atoms with Crippen molar-refractivity contribution in [2.75, 3.05) is 26.7 Å². The molecule has 0 spiro atoms. The highest BCUT2D eigenvalue weighted by Crippen LogP contribution is 2.36. The van der Waals surface area contributed by atoms with Crippen molar-refractivity contribution in [1.29, 1.82) is 0 Å². The van der Waals surface area contributed by atoms with E-state index >= 15 is 0 Å². The number of benzene rings is 1. The standard InChI is InChI=1S/C20H31NO/c1-22-19-11-12-20-17(9-7-10-18(20)16-19)8-3-6-15-21-13-4-2-5-14-21/h11-12,16-17H,2-10,13-15H2,1H3. The van der Waals surface area contributed by atoms with Crippen molar-refractivity contribution >= 4 is 0 Å². The van der Waals surface area contributed by atoms with Gasteiger partial charge in [-0.15, -0.1) is 0 Å². The van der Waals surface area contributed by atoms with Crippen LogP contribution < -0.4 is 4.74 Å². The number of hydrogen-bond donors (Lipinski definition) is 0. The van der Waals surface area contributed by atoms with Crippen LogP contribution >= 0.6 is 0 Å². The molecule has 0 amide bonds. The fourth-order valence-corrected chi connectivity index (χ4v) is 4.23. The highest BCUT2D eigenvalue weighted by molar-refractivity contribution is 5.39. The molecular weight excluding hydrogens is 270 g/mol. The molecule has 2 heteroatoms. The summed E-state index contributed by atoms with van der Waals surface area (Å²) >= 11 is 0. The lowest BCUT2D eigenvalue weighted by Gasteiger charge is -2.28. The third-order valence-corrected chi connectivity index (χ3v) is 5.51. The molecule has 1 aliphatic heterocycles. The van der Waals surface area contributed by atoms with E-state index in [0.29, 0.717) is 0 Å². The number of piperidine rings is 1. The van der Waals surface area contributed by atoms with Crippen molar-refractivity contribution in [3.63, 3.8) is 0 Å². The number of unbranched alkanes of at least 4 members (excludes halogenated alkanes) is 1. The lowest BCUT2D eigenvalue weighted by Crippen LogP contribution is -2.30. The predicted molar refractivity (Wildman–Crippen MR) is 92.8 cm³/mol. The highest BCUT2D eigenvalue weighted by Gasteiger charge is 2.20. The van der Waals surface area contributed by atoms with Gasteiger partial charge in [0.15, 0.2) is 0 Å². The Morgan fingerprint density at radius 1 is 1.09 bits per heavy atom. The normalized spacial score (nSPS) is 22.3. The summed E-state index contributed by atoms with van der Waals surface area (Å²) in [5.74, 6) is 1.81. The maximum atomic E-state index is 5.38. The van der Waals surface area contributed by atoms with Crippen LogP contribution in [0, 0.1) is 0 Å². The first-order chi connectivity index (χ1) is 10.9. The van der Waals surface area contributed by atoms with E-state index in [0.717, 1.165) is 11.7 Å². The van der Waals surface area contributed by atoms with Crippen molar-refractivity contribution in [3.8, 4) is 5.75 Å². The van der Waals surface area contributed by atoms with Gasteiger partial charge in [0, 0.05) is 0 Å². The second-order valence-corrected chi connectivity index (χ2v) is 7.05. The van der Waals surface area contributed by atoms with Crippen molar-refractivity contribution in [2.24, 2.45) is 0 Å². The Kier molecular flexibility index (Phi) is 5.77. The van der Waals surface area contributed by atoms with Crippen LogP contribution in [0.1, 0.15) is 68.4 Å². The van der Waals surface area contributed by atoms with E-state index in [1.165, 1.54) is 83.0 Å². The maximum Gasteiger partial charge on any atom is 0.119 e. The monoisotopic (exact) mass is 301 g/mol. The summed E-state index contributed by atoms with van der Waals surface area (Å²) in [6.07, 6.45) is 12.4. The van der Waals surface area contributed by atoms with Gasteiger partial charge in [0.2, 0.25) is 0 Å². The lowest BCUT2D eigenvalue weighted by molar-refractivity contribution is 0.223. The molecule has 2 nitrogen and oxygen atoms in total. The molecule has 2 aliphatic rings. The summed E-state index contributed by atoms with van der Waals surface area (Å²) in [6, 6.07) is 6.72. The second kappa shape index (κ2) is 8.01. The van der Waals surface area contributed by atoms with E-state index in [1.807, 2.05) is 0 Å². The molecule has 1 atom stereocenters. The van der Waals surface area contributed by atoms with Gasteiger partial charge in [0.25, 0.3) is 0 Å². The van der Waals surface area contributed by atoms with Gasteiger partial charge in [0.05, 0.1) is 7.11 Å². The van der Waals surface area contributed by atoms with Crippen LogP contribution in [0.5, 0.6) is 5.75 Å². The number of nitrogens with zero attached hydrogens (tertiary/aromatic N) is 1. The van der Waals surface area contributed by atoms with Crippen LogP contribution in [-0.4, -0.2) is 31.6 Å². The Hall–Kier alpha value is -1.02. The first-order valence-electron chi connectivity index (χ1n) is 9.26. The third kappa shape index (κ3) is 4.04. The van der Waals surface area contributed by atoms with E-state index < -0.39 is 0 Å². The first-order valence-corrected chi connectivity index (χ1v) is 9.26. The minimum atomic E-state index is 0.788. The summed E-state index contributed by atoms with van der Waals surface area (Å²) in [6.45, 7) is 4.00. The van der Waals surface area contributed by atoms with E-state index in [-0.39, 0.29) is 0 Å². The number of hydrogen-bond acceptors (Lipinski definition) is 2. The Bertz CT molecular complexity index is 465. The number of fused-ring (bicyclic) bond motifs is 1. The Morgan fingerprint density at radius 3 is 2.77 bits per heavy atom.